The maximum atomic E-state index is 11.5. The van der Waals surface area contributed by atoms with Crippen molar-refractivity contribution in [1.29, 1.82) is 0 Å². The first-order chi connectivity index (χ1) is 10.5. The van der Waals surface area contributed by atoms with E-state index in [-0.39, 0.29) is 11.5 Å². The number of hydrogen-bond donors (Lipinski definition) is 1. The monoisotopic (exact) mass is 293 g/mol. The Balaban J connectivity index is 2.24. The molecular weight excluding hydrogens is 278 g/mol. The molecule has 0 radical (unpaired) electrons. The lowest BCUT2D eigenvalue weighted by atomic mass is 10.0. The van der Waals surface area contributed by atoms with Gasteiger partial charge in [-0.2, -0.15) is 5.10 Å². The van der Waals surface area contributed by atoms with E-state index in [4.69, 9.17) is 5.73 Å². The van der Waals surface area contributed by atoms with Gasteiger partial charge in [0.25, 0.3) is 5.56 Å². The molecule has 6 nitrogen and oxygen atoms in total. The first-order valence-electron chi connectivity index (χ1n) is 6.79. The first-order valence-corrected chi connectivity index (χ1v) is 6.79. The van der Waals surface area contributed by atoms with Crippen molar-refractivity contribution >= 4 is 5.95 Å². The minimum atomic E-state index is -0.169. The molecule has 110 valence electrons. The maximum absolute atomic E-state index is 11.5. The number of nitrogens with zero attached hydrogens (tertiary/aromatic N) is 4. The Hall–Kier alpha value is -3.02. The average Bonchev–Trinajstić information content (AvgIpc) is 2.50. The Morgan fingerprint density at radius 3 is 2.73 bits per heavy atom. The minimum absolute atomic E-state index is 0.169. The highest BCUT2D eigenvalue weighted by Crippen LogP contribution is 2.29. The Morgan fingerprint density at radius 2 is 2.00 bits per heavy atom. The Bertz CT molecular complexity index is 901. The second-order valence-corrected chi connectivity index (χ2v) is 5.04. The number of rotatable bonds is 2. The van der Waals surface area contributed by atoms with E-state index < -0.39 is 0 Å². The number of benzene rings is 1. The van der Waals surface area contributed by atoms with Crippen molar-refractivity contribution in [2.75, 3.05) is 5.73 Å². The summed E-state index contributed by atoms with van der Waals surface area (Å²) >= 11 is 0. The SMILES string of the molecule is Cc1cccc(-c2nc(N)ncc2-c2ccc(=O)n(C)n2)c1. The molecule has 0 aliphatic heterocycles. The van der Waals surface area contributed by atoms with Crippen LogP contribution in [0.3, 0.4) is 0 Å². The summed E-state index contributed by atoms with van der Waals surface area (Å²) in [5, 5.41) is 4.26. The first kappa shape index (κ1) is 13.9. The summed E-state index contributed by atoms with van der Waals surface area (Å²) in [5.74, 6) is 0.199. The number of anilines is 1. The molecule has 22 heavy (non-hydrogen) atoms. The van der Waals surface area contributed by atoms with Gasteiger partial charge in [-0.25, -0.2) is 14.6 Å². The highest BCUT2D eigenvalue weighted by molar-refractivity contribution is 5.79. The Labute approximate surface area is 127 Å². The molecule has 0 fully saturated rings. The molecule has 0 unspecified atom stereocenters. The third-order valence-electron chi connectivity index (χ3n) is 3.34. The molecule has 0 saturated heterocycles. The van der Waals surface area contributed by atoms with Crippen LogP contribution < -0.4 is 11.3 Å². The van der Waals surface area contributed by atoms with Gasteiger partial charge in [-0.1, -0.05) is 23.8 Å². The third-order valence-corrected chi connectivity index (χ3v) is 3.34. The van der Waals surface area contributed by atoms with E-state index in [1.165, 1.54) is 10.7 Å². The predicted octanol–water partition coefficient (Wildman–Crippen LogP) is 1.79. The van der Waals surface area contributed by atoms with Crippen LogP contribution >= 0.6 is 0 Å². The van der Waals surface area contributed by atoms with Gasteiger partial charge in [0.05, 0.1) is 11.4 Å². The summed E-state index contributed by atoms with van der Waals surface area (Å²) in [5.41, 5.74) is 9.67. The highest BCUT2D eigenvalue weighted by atomic mass is 16.1. The summed E-state index contributed by atoms with van der Waals surface area (Å²) in [6.45, 7) is 2.01. The smallest absolute Gasteiger partial charge is 0.266 e. The summed E-state index contributed by atoms with van der Waals surface area (Å²) < 4.78 is 1.28. The molecule has 6 heteroatoms. The molecule has 3 aromatic rings. The summed E-state index contributed by atoms with van der Waals surface area (Å²) in [4.78, 5) is 19.9. The van der Waals surface area contributed by atoms with Crippen LogP contribution in [0.5, 0.6) is 0 Å². The second kappa shape index (κ2) is 5.40. The van der Waals surface area contributed by atoms with Crippen molar-refractivity contribution in [2.45, 2.75) is 6.92 Å². The van der Waals surface area contributed by atoms with Crippen LogP contribution in [-0.2, 0) is 7.05 Å². The van der Waals surface area contributed by atoms with Gasteiger partial charge < -0.3 is 5.73 Å². The van der Waals surface area contributed by atoms with Crippen LogP contribution in [-0.4, -0.2) is 19.7 Å². The zero-order valence-corrected chi connectivity index (χ0v) is 12.3. The molecule has 2 N–H and O–H groups in total. The maximum Gasteiger partial charge on any atom is 0.266 e. The molecule has 0 spiro atoms. The van der Waals surface area contributed by atoms with Gasteiger partial charge in [-0.05, 0) is 19.1 Å². The molecule has 3 rings (SSSR count). The molecule has 0 saturated carbocycles. The molecule has 1 aromatic carbocycles. The van der Waals surface area contributed by atoms with Crippen molar-refractivity contribution in [1.82, 2.24) is 19.7 Å². The lowest BCUT2D eigenvalue weighted by molar-refractivity contribution is 0.712. The van der Waals surface area contributed by atoms with Gasteiger partial charge >= 0.3 is 0 Å². The zero-order chi connectivity index (χ0) is 15.7. The van der Waals surface area contributed by atoms with Gasteiger partial charge in [0, 0.05) is 30.4 Å². The molecule has 2 heterocycles. The number of aromatic nitrogens is 4. The van der Waals surface area contributed by atoms with Crippen LogP contribution in [0.4, 0.5) is 5.95 Å². The van der Waals surface area contributed by atoms with Crippen molar-refractivity contribution in [3.8, 4) is 22.5 Å². The van der Waals surface area contributed by atoms with E-state index in [9.17, 15) is 4.79 Å². The van der Waals surface area contributed by atoms with Crippen molar-refractivity contribution < 1.29 is 0 Å². The Kier molecular flexibility index (Phi) is 3.42. The number of nitrogens with two attached hydrogens (primary N) is 1. The normalized spacial score (nSPS) is 10.6. The van der Waals surface area contributed by atoms with E-state index in [2.05, 4.69) is 15.1 Å². The van der Waals surface area contributed by atoms with Crippen LogP contribution in [0.2, 0.25) is 0 Å². The van der Waals surface area contributed by atoms with Crippen LogP contribution in [0.1, 0.15) is 5.56 Å². The molecule has 0 amide bonds. The molecule has 0 aliphatic carbocycles. The van der Waals surface area contributed by atoms with Gasteiger partial charge in [0.1, 0.15) is 0 Å². The van der Waals surface area contributed by atoms with Crippen LogP contribution in [0.25, 0.3) is 22.5 Å². The summed E-state index contributed by atoms with van der Waals surface area (Å²) in [6, 6.07) is 11.1. The van der Waals surface area contributed by atoms with Gasteiger partial charge in [-0.15, -0.1) is 0 Å². The third kappa shape index (κ3) is 2.58. The molecule has 0 atom stereocenters. The fraction of sp³-hybridized carbons (Fsp3) is 0.125. The standard InChI is InChI=1S/C16H15N5O/c1-10-4-3-5-11(8-10)15-12(9-18-16(17)19-15)13-6-7-14(22)21(2)20-13/h3-9H,1-2H3,(H2,17,18,19). The van der Waals surface area contributed by atoms with E-state index in [0.717, 1.165) is 16.7 Å². The van der Waals surface area contributed by atoms with E-state index in [1.54, 1.807) is 19.3 Å². The van der Waals surface area contributed by atoms with Gasteiger partial charge in [-0.3, -0.25) is 4.79 Å². The van der Waals surface area contributed by atoms with Gasteiger partial charge in [0.15, 0.2) is 0 Å². The lowest BCUT2D eigenvalue weighted by Gasteiger charge is -2.10. The quantitative estimate of drug-likeness (QED) is 0.778. The Morgan fingerprint density at radius 1 is 1.18 bits per heavy atom. The number of aryl methyl sites for hydroxylation is 2. The van der Waals surface area contributed by atoms with Crippen LogP contribution in [0.15, 0.2) is 47.4 Å². The molecule has 0 aliphatic rings. The fourth-order valence-electron chi connectivity index (χ4n) is 2.24. The molecule has 2 aromatic heterocycles. The topological polar surface area (TPSA) is 86.7 Å². The average molecular weight is 293 g/mol. The fourth-order valence-corrected chi connectivity index (χ4v) is 2.24. The van der Waals surface area contributed by atoms with Crippen molar-refractivity contribution in [2.24, 2.45) is 7.05 Å². The van der Waals surface area contributed by atoms with E-state index in [1.807, 2.05) is 31.2 Å². The summed E-state index contributed by atoms with van der Waals surface area (Å²) in [7, 11) is 1.61. The highest BCUT2D eigenvalue weighted by Gasteiger charge is 2.13. The zero-order valence-electron chi connectivity index (χ0n) is 12.3. The van der Waals surface area contributed by atoms with Crippen molar-refractivity contribution in [3.05, 3.63) is 58.5 Å². The summed E-state index contributed by atoms with van der Waals surface area (Å²) in [6.07, 6.45) is 1.63. The lowest BCUT2D eigenvalue weighted by Crippen LogP contribution is -2.18. The van der Waals surface area contributed by atoms with Gasteiger partial charge in [0.2, 0.25) is 5.95 Å². The second-order valence-electron chi connectivity index (χ2n) is 5.04. The minimum Gasteiger partial charge on any atom is -0.368 e. The molecule has 0 bridgehead atoms. The van der Waals surface area contributed by atoms with Crippen molar-refractivity contribution in [3.63, 3.8) is 0 Å². The van der Waals surface area contributed by atoms with Crippen LogP contribution in [0, 0.1) is 6.92 Å². The molecular formula is C16H15N5O. The van der Waals surface area contributed by atoms with E-state index in [0.29, 0.717) is 11.4 Å². The van der Waals surface area contributed by atoms with E-state index >= 15 is 0 Å². The number of nitrogen functional groups attached to an aromatic ring is 1. The predicted molar refractivity (Wildman–Crippen MR) is 85.1 cm³/mol. The number of hydrogen-bond acceptors (Lipinski definition) is 5. The largest absolute Gasteiger partial charge is 0.368 e.